The van der Waals surface area contributed by atoms with Gasteiger partial charge in [0.2, 0.25) is 0 Å². The molecular weight excluding hydrogens is 322 g/mol. The van der Waals surface area contributed by atoms with Gasteiger partial charge in [-0.3, -0.25) is 9.48 Å². The van der Waals surface area contributed by atoms with Crippen molar-refractivity contribution in [2.24, 2.45) is 5.92 Å². The normalized spacial score (nSPS) is 11.4. The van der Waals surface area contributed by atoms with Crippen LogP contribution in [0.1, 0.15) is 52.1 Å². The van der Waals surface area contributed by atoms with Gasteiger partial charge in [-0.25, -0.2) is 0 Å². The van der Waals surface area contributed by atoms with Crippen molar-refractivity contribution in [2.45, 2.75) is 59.6 Å². The van der Waals surface area contributed by atoms with Gasteiger partial charge in [0.05, 0.1) is 45.8 Å². The lowest BCUT2D eigenvalue weighted by atomic mass is 10.1. The number of unbranched alkanes of at least 4 members (excludes halogenated alkanes) is 1. The van der Waals surface area contributed by atoms with Crippen molar-refractivity contribution in [1.29, 1.82) is 0 Å². The first-order chi connectivity index (χ1) is 12.1. The standard InChI is InChI=1S/C18H33N3O4/c1-16(2)6-4-5-8-21-14-18(19-20-21)15-25-13-12-24-11-10-23-9-7-17(3)22/h14,16H,4-13,15H2,1-3H3. The van der Waals surface area contributed by atoms with E-state index in [0.29, 0.717) is 46.1 Å². The second-order valence-electron chi connectivity index (χ2n) is 6.59. The fourth-order valence-corrected chi connectivity index (χ4v) is 2.17. The van der Waals surface area contributed by atoms with Crippen LogP contribution >= 0.6 is 0 Å². The summed E-state index contributed by atoms with van der Waals surface area (Å²) in [5.41, 5.74) is 0.844. The SMILES string of the molecule is CC(=O)CCOCCOCCOCc1cn(CCCCC(C)C)nn1. The molecule has 0 amide bonds. The molecule has 0 N–H and O–H groups in total. The summed E-state index contributed by atoms with van der Waals surface area (Å²) in [7, 11) is 0. The van der Waals surface area contributed by atoms with Crippen LogP contribution in [-0.4, -0.2) is 53.8 Å². The lowest BCUT2D eigenvalue weighted by molar-refractivity contribution is -0.118. The molecule has 0 atom stereocenters. The van der Waals surface area contributed by atoms with Crippen molar-refractivity contribution in [3.63, 3.8) is 0 Å². The van der Waals surface area contributed by atoms with Crippen LogP contribution in [0.4, 0.5) is 0 Å². The molecule has 1 aromatic rings. The summed E-state index contributed by atoms with van der Waals surface area (Å²) in [6, 6.07) is 0. The highest BCUT2D eigenvalue weighted by atomic mass is 16.5. The Morgan fingerprint density at radius 2 is 1.76 bits per heavy atom. The van der Waals surface area contributed by atoms with Crippen LogP contribution in [0.2, 0.25) is 0 Å². The first-order valence-corrected chi connectivity index (χ1v) is 9.19. The summed E-state index contributed by atoms with van der Waals surface area (Å²) in [6.07, 6.45) is 6.01. The molecule has 25 heavy (non-hydrogen) atoms. The molecule has 0 fully saturated rings. The highest BCUT2D eigenvalue weighted by Crippen LogP contribution is 2.07. The molecule has 144 valence electrons. The summed E-state index contributed by atoms with van der Waals surface area (Å²) in [5.74, 6) is 0.899. The minimum Gasteiger partial charge on any atom is -0.379 e. The second kappa shape index (κ2) is 13.9. The molecule has 0 aliphatic heterocycles. The Labute approximate surface area is 151 Å². The van der Waals surface area contributed by atoms with Gasteiger partial charge in [-0.1, -0.05) is 31.9 Å². The quantitative estimate of drug-likeness (QED) is 0.424. The van der Waals surface area contributed by atoms with Crippen LogP contribution in [0.3, 0.4) is 0 Å². The molecule has 1 rings (SSSR count). The van der Waals surface area contributed by atoms with Crippen molar-refractivity contribution in [2.75, 3.05) is 33.0 Å². The summed E-state index contributed by atoms with van der Waals surface area (Å²) in [4.78, 5) is 10.7. The van der Waals surface area contributed by atoms with Crippen LogP contribution in [0.15, 0.2) is 6.20 Å². The van der Waals surface area contributed by atoms with E-state index in [1.54, 1.807) is 6.92 Å². The van der Waals surface area contributed by atoms with E-state index < -0.39 is 0 Å². The van der Waals surface area contributed by atoms with Gasteiger partial charge in [0.25, 0.3) is 0 Å². The zero-order chi connectivity index (χ0) is 18.3. The topological polar surface area (TPSA) is 75.5 Å². The maximum absolute atomic E-state index is 10.7. The Hall–Kier alpha value is -1.31. The largest absolute Gasteiger partial charge is 0.379 e. The van der Waals surface area contributed by atoms with Crippen molar-refractivity contribution in [3.8, 4) is 0 Å². The van der Waals surface area contributed by atoms with Gasteiger partial charge < -0.3 is 14.2 Å². The maximum Gasteiger partial charge on any atom is 0.132 e. The monoisotopic (exact) mass is 355 g/mol. The van der Waals surface area contributed by atoms with Crippen LogP contribution in [0.25, 0.3) is 0 Å². The van der Waals surface area contributed by atoms with Crippen LogP contribution < -0.4 is 0 Å². The Kier molecular flexibility index (Phi) is 12.1. The number of carbonyl (C=O) groups excluding carboxylic acids is 1. The van der Waals surface area contributed by atoms with Crippen molar-refractivity contribution < 1.29 is 19.0 Å². The average Bonchev–Trinajstić information content (AvgIpc) is 3.00. The summed E-state index contributed by atoms with van der Waals surface area (Å²) < 4.78 is 18.1. The first-order valence-electron chi connectivity index (χ1n) is 9.19. The zero-order valence-electron chi connectivity index (χ0n) is 15.9. The molecule has 0 aliphatic rings. The van der Waals surface area contributed by atoms with E-state index in [4.69, 9.17) is 14.2 Å². The highest BCUT2D eigenvalue weighted by Gasteiger charge is 2.02. The molecule has 0 saturated carbocycles. The first kappa shape index (κ1) is 21.7. The van der Waals surface area contributed by atoms with Crippen LogP contribution in [0, 0.1) is 5.92 Å². The predicted octanol–water partition coefficient (Wildman–Crippen LogP) is 2.63. The minimum absolute atomic E-state index is 0.141. The molecule has 0 spiro atoms. The lowest BCUT2D eigenvalue weighted by Crippen LogP contribution is -2.10. The molecule has 0 saturated heterocycles. The minimum atomic E-state index is 0.141. The van der Waals surface area contributed by atoms with Crippen LogP contribution in [0.5, 0.6) is 0 Å². The number of carbonyl (C=O) groups is 1. The molecule has 0 aromatic carbocycles. The molecule has 1 heterocycles. The van der Waals surface area contributed by atoms with Gasteiger partial charge in [-0.05, 0) is 19.3 Å². The zero-order valence-corrected chi connectivity index (χ0v) is 15.9. The van der Waals surface area contributed by atoms with Crippen molar-refractivity contribution in [1.82, 2.24) is 15.0 Å². The molecule has 0 unspecified atom stereocenters. The number of Topliss-reactive ketones (excluding diaryl/α,β-unsaturated/α-hetero) is 1. The van der Waals surface area contributed by atoms with Crippen LogP contribution in [-0.2, 0) is 32.2 Å². The van der Waals surface area contributed by atoms with Gasteiger partial charge >= 0.3 is 0 Å². The van der Waals surface area contributed by atoms with Gasteiger partial charge in [-0.15, -0.1) is 5.10 Å². The van der Waals surface area contributed by atoms with E-state index in [2.05, 4.69) is 24.2 Å². The van der Waals surface area contributed by atoms with E-state index in [9.17, 15) is 4.79 Å². The smallest absolute Gasteiger partial charge is 0.132 e. The third-order valence-corrected chi connectivity index (χ3v) is 3.60. The Bertz CT molecular complexity index is 463. The molecular formula is C18H33N3O4. The molecule has 1 aromatic heterocycles. The Morgan fingerprint density at radius 1 is 1.08 bits per heavy atom. The number of ketones is 1. The summed E-state index contributed by atoms with van der Waals surface area (Å²) in [5, 5.41) is 8.23. The van der Waals surface area contributed by atoms with E-state index in [1.807, 2.05) is 10.9 Å². The number of aromatic nitrogens is 3. The van der Waals surface area contributed by atoms with E-state index in [-0.39, 0.29) is 5.78 Å². The predicted molar refractivity (Wildman–Crippen MR) is 95.3 cm³/mol. The fraction of sp³-hybridized carbons (Fsp3) is 0.833. The van der Waals surface area contributed by atoms with Gasteiger partial charge in [0, 0.05) is 13.0 Å². The second-order valence-corrected chi connectivity index (χ2v) is 6.59. The van der Waals surface area contributed by atoms with Gasteiger partial charge in [-0.2, -0.15) is 0 Å². The van der Waals surface area contributed by atoms with Crippen molar-refractivity contribution >= 4 is 5.78 Å². The lowest BCUT2D eigenvalue weighted by Gasteiger charge is -2.05. The maximum atomic E-state index is 10.7. The van der Waals surface area contributed by atoms with E-state index in [0.717, 1.165) is 24.6 Å². The number of aryl methyl sites for hydroxylation is 1. The number of rotatable bonds is 16. The number of ether oxygens (including phenoxy) is 3. The molecule has 7 nitrogen and oxygen atoms in total. The third-order valence-electron chi connectivity index (χ3n) is 3.60. The van der Waals surface area contributed by atoms with Gasteiger partial charge in [0.1, 0.15) is 11.5 Å². The van der Waals surface area contributed by atoms with E-state index in [1.165, 1.54) is 12.8 Å². The highest BCUT2D eigenvalue weighted by molar-refractivity contribution is 5.75. The van der Waals surface area contributed by atoms with Gasteiger partial charge in [0.15, 0.2) is 0 Å². The molecule has 0 aliphatic carbocycles. The Morgan fingerprint density at radius 3 is 2.44 bits per heavy atom. The number of nitrogens with zero attached hydrogens (tertiary/aromatic N) is 3. The number of hydrogen-bond donors (Lipinski definition) is 0. The summed E-state index contributed by atoms with van der Waals surface area (Å²) in [6.45, 7) is 9.90. The molecule has 7 heteroatoms. The third kappa shape index (κ3) is 12.7. The number of hydrogen-bond acceptors (Lipinski definition) is 6. The average molecular weight is 355 g/mol. The molecule has 0 radical (unpaired) electrons. The Balaban J connectivity index is 1.94. The fourth-order valence-electron chi connectivity index (χ4n) is 2.17. The molecule has 0 bridgehead atoms. The van der Waals surface area contributed by atoms with Crippen molar-refractivity contribution in [3.05, 3.63) is 11.9 Å². The summed E-state index contributed by atoms with van der Waals surface area (Å²) >= 11 is 0. The van der Waals surface area contributed by atoms with E-state index >= 15 is 0 Å².